The molecule has 4 nitrogen and oxygen atoms in total. The maximum Gasteiger partial charge on any atom is 0.304 e. The van der Waals surface area contributed by atoms with Gasteiger partial charge in [0.1, 0.15) is 0 Å². The molecule has 0 saturated carbocycles. The third kappa shape index (κ3) is 6.59. The molecule has 0 saturated heterocycles. The second kappa shape index (κ2) is 8.91. The molecular weight excluding hydrogens is 256 g/mol. The first kappa shape index (κ1) is 15.0. The van der Waals surface area contributed by atoms with Crippen molar-refractivity contribution in [2.45, 2.75) is 19.6 Å². The molecule has 0 heterocycles. The average Bonchev–Trinajstić information content (AvgIpc) is 2.38. The van der Waals surface area contributed by atoms with Gasteiger partial charge in [-0.2, -0.15) is 0 Å². The van der Waals surface area contributed by atoms with E-state index in [0.29, 0.717) is 13.2 Å². The Bertz CT molecular complexity index is 342. The standard InChI is InChI=1S/C13H17ClO4/c1-11(15)17-10-18-13(7-14)9-16-8-12-5-3-2-4-6-12/h2-6,13H,7-10H2,1H3/t13-/m0/s1. The van der Waals surface area contributed by atoms with Crippen LogP contribution in [0.3, 0.4) is 0 Å². The minimum atomic E-state index is -0.381. The van der Waals surface area contributed by atoms with Crippen LogP contribution in [-0.4, -0.2) is 31.4 Å². The van der Waals surface area contributed by atoms with Gasteiger partial charge in [-0.05, 0) is 5.56 Å². The maximum atomic E-state index is 10.5. The number of esters is 1. The second-order valence-corrected chi connectivity index (χ2v) is 4.01. The Kier molecular flexibility index (Phi) is 7.41. The fourth-order valence-corrected chi connectivity index (χ4v) is 1.41. The molecule has 0 N–H and O–H groups in total. The lowest BCUT2D eigenvalue weighted by Crippen LogP contribution is -2.23. The lowest BCUT2D eigenvalue weighted by Gasteiger charge is -2.15. The second-order valence-electron chi connectivity index (χ2n) is 3.70. The molecule has 1 aromatic rings. The van der Waals surface area contributed by atoms with Crippen LogP contribution in [0.1, 0.15) is 12.5 Å². The number of rotatable bonds is 8. The van der Waals surface area contributed by atoms with Gasteiger partial charge in [-0.25, -0.2) is 0 Å². The van der Waals surface area contributed by atoms with Crippen LogP contribution >= 0.6 is 11.6 Å². The van der Waals surface area contributed by atoms with E-state index in [0.717, 1.165) is 5.56 Å². The highest BCUT2D eigenvalue weighted by atomic mass is 35.5. The summed E-state index contributed by atoms with van der Waals surface area (Å²) in [5.74, 6) is -0.0932. The molecule has 0 fully saturated rings. The van der Waals surface area contributed by atoms with Crippen LogP contribution in [0, 0.1) is 0 Å². The molecule has 0 aliphatic rings. The van der Waals surface area contributed by atoms with Gasteiger partial charge in [0.25, 0.3) is 0 Å². The van der Waals surface area contributed by atoms with E-state index in [-0.39, 0.29) is 24.7 Å². The molecule has 0 radical (unpaired) electrons. The highest BCUT2D eigenvalue weighted by Crippen LogP contribution is 2.03. The molecule has 0 aliphatic heterocycles. The molecule has 1 rings (SSSR count). The van der Waals surface area contributed by atoms with Crippen molar-refractivity contribution in [2.75, 3.05) is 19.3 Å². The third-order valence-electron chi connectivity index (χ3n) is 2.15. The van der Waals surface area contributed by atoms with Crippen LogP contribution in [0.15, 0.2) is 30.3 Å². The van der Waals surface area contributed by atoms with Crippen molar-refractivity contribution in [1.82, 2.24) is 0 Å². The van der Waals surface area contributed by atoms with Gasteiger partial charge in [-0.3, -0.25) is 4.79 Å². The molecule has 1 atom stereocenters. The van der Waals surface area contributed by atoms with E-state index in [9.17, 15) is 4.79 Å². The van der Waals surface area contributed by atoms with Crippen molar-refractivity contribution in [2.24, 2.45) is 0 Å². The van der Waals surface area contributed by atoms with Crippen LogP contribution < -0.4 is 0 Å². The third-order valence-corrected chi connectivity index (χ3v) is 2.50. The monoisotopic (exact) mass is 272 g/mol. The fraction of sp³-hybridized carbons (Fsp3) is 0.462. The maximum absolute atomic E-state index is 10.5. The number of alkyl halides is 1. The SMILES string of the molecule is CC(=O)OCO[C@@H](CCl)COCc1ccccc1. The summed E-state index contributed by atoms with van der Waals surface area (Å²) in [6.07, 6.45) is -0.283. The van der Waals surface area contributed by atoms with Crippen LogP contribution in [0.2, 0.25) is 0 Å². The summed E-state index contributed by atoms with van der Waals surface area (Å²) < 4.78 is 15.4. The first-order valence-corrected chi connectivity index (χ1v) is 6.18. The number of benzene rings is 1. The number of hydrogen-bond donors (Lipinski definition) is 0. The molecular formula is C13H17ClO4. The van der Waals surface area contributed by atoms with E-state index in [1.54, 1.807) is 0 Å². The molecule has 0 spiro atoms. The predicted octanol–water partition coefficient (Wildman–Crippen LogP) is 2.35. The normalized spacial score (nSPS) is 12.1. The lowest BCUT2D eigenvalue weighted by molar-refractivity contribution is -0.160. The van der Waals surface area contributed by atoms with Crippen molar-refractivity contribution in [3.8, 4) is 0 Å². The molecule has 1 aromatic carbocycles. The topological polar surface area (TPSA) is 44.8 Å². The van der Waals surface area contributed by atoms with Crippen molar-refractivity contribution in [1.29, 1.82) is 0 Å². The summed E-state index contributed by atoms with van der Waals surface area (Å²) in [4.78, 5) is 10.5. The molecule has 0 bridgehead atoms. The van der Waals surface area contributed by atoms with E-state index in [1.807, 2.05) is 30.3 Å². The molecule has 0 aliphatic carbocycles. The lowest BCUT2D eigenvalue weighted by atomic mass is 10.2. The molecule has 0 aromatic heterocycles. The van der Waals surface area contributed by atoms with Gasteiger partial charge in [0.05, 0.1) is 25.2 Å². The fourth-order valence-electron chi connectivity index (χ4n) is 1.23. The van der Waals surface area contributed by atoms with E-state index >= 15 is 0 Å². The van der Waals surface area contributed by atoms with Gasteiger partial charge in [-0.15, -0.1) is 11.6 Å². The summed E-state index contributed by atoms with van der Waals surface area (Å²) in [7, 11) is 0. The first-order valence-electron chi connectivity index (χ1n) is 5.65. The van der Waals surface area contributed by atoms with Crippen LogP contribution in [-0.2, 0) is 25.6 Å². The Morgan fingerprint density at radius 2 is 2.06 bits per heavy atom. The Morgan fingerprint density at radius 3 is 2.67 bits per heavy atom. The van der Waals surface area contributed by atoms with Crippen molar-refractivity contribution in [3.63, 3.8) is 0 Å². The zero-order chi connectivity index (χ0) is 13.2. The van der Waals surface area contributed by atoms with Gasteiger partial charge < -0.3 is 14.2 Å². The minimum Gasteiger partial charge on any atom is -0.439 e. The van der Waals surface area contributed by atoms with Crippen molar-refractivity contribution in [3.05, 3.63) is 35.9 Å². The van der Waals surface area contributed by atoms with Gasteiger partial charge in [-0.1, -0.05) is 30.3 Å². The van der Waals surface area contributed by atoms with Crippen LogP contribution in [0.4, 0.5) is 0 Å². The Balaban J connectivity index is 2.17. The van der Waals surface area contributed by atoms with E-state index in [1.165, 1.54) is 6.92 Å². The molecule has 5 heteroatoms. The minimum absolute atomic E-state index is 0.0958. The van der Waals surface area contributed by atoms with Crippen LogP contribution in [0.25, 0.3) is 0 Å². The van der Waals surface area contributed by atoms with Gasteiger partial charge in [0, 0.05) is 6.92 Å². The summed E-state index contributed by atoms with van der Waals surface area (Å²) in [6.45, 7) is 2.09. The van der Waals surface area contributed by atoms with Crippen molar-refractivity contribution >= 4 is 17.6 Å². The first-order chi connectivity index (χ1) is 8.72. The van der Waals surface area contributed by atoms with Gasteiger partial charge >= 0.3 is 5.97 Å². The van der Waals surface area contributed by atoms with E-state index in [2.05, 4.69) is 4.74 Å². The largest absolute Gasteiger partial charge is 0.439 e. The number of carbonyl (C=O) groups is 1. The number of carbonyl (C=O) groups excluding carboxylic acids is 1. The smallest absolute Gasteiger partial charge is 0.304 e. The summed E-state index contributed by atoms with van der Waals surface area (Å²) in [5.41, 5.74) is 1.09. The van der Waals surface area contributed by atoms with E-state index < -0.39 is 0 Å². The Labute approximate surface area is 112 Å². The summed E-state index contributed by atoms with van der Waals surface area (Å²) >= 11 is 5.72. The number of hydrogen-bond acceptors (Lipinski definition) is 4. The molecule has 100 valence electrons. The van der Waals surface area contributed by atoms with Crippen LogP contribution in [0.5, 0.6) is 0 Å². The van der Waals surface area contributed by atoms with Crippen molar-refractivity contribution < 1.29 is 19.0 Å². The molecule has 0 unspecified atom stereocenters. The highest BCUT2D eigenvalue weighted by molar-refractivity contribution is 6.18. The highest BCUT2D eigenvalue weighted by Gasteiger charge is 2.08. The predicted molar refractivity (Wildman–Crippen MR) is 68.3 cm³/mol. The molecule has 18 heavy (non-hydrogen) atoms. The zero-order valence-electron chi connectivity index (χ0n) is 10.3. The van der Waals surface area contributed by atoms with E-state index in [4.69, 9.17) is 21.1 Å². The summed E-state index contributed by atoms with van der Waals surface area (Å²) in [6, 6.07) is 9.82. The molecule has 0 amide bonds. The number of ether oxygens (including phenoxy) is 3. The zero-order valence-corrected chi connectivity index (χ0v) is 11.1. The Hall–Kier alpha value is -1.10. The summed E-state index contributed by atoms with van der Waals surface area (Å²) in [5, 5.41) is 0. The quantitative estimate of drug-likeness (QED) is 0.414. The Morgan fingerprint density at radius 1 is 1.33 bits per heavy atom. The van der Waals surface area contributed by atoms with Gasteiger partial charge in [0.2, 0.25) is 0 Å². The average molecular weight is 273 g/mol. The van der Waals surface area contributed by atoms with Gasteiger partial charge in [0.15, 0.2) is 6.79 Å². The number of halogens is 1.